The Morgan fingerprint density at radius 1 is 0.271 bits per heavy atom. The van der Waals surface area contributed by atoms with Crippen LogP contribution in [0.4, 0.5) is 0 Å². The number of fused-ring (bicyclic) bond motifs is 12. The van der Waals surface area contributed by atoms with Crippen LogP contribution < -0.4 is 0 Å². The van der Waals surface area contributed by atoms with Crippen LogP contribution in [0.2, 0.25) is 0 Å². The van der Waals surface area contributed by atoms with Crippen LogP contribution in [0.25, 0.3) is 139 Å². The Labute approximate surface area is 400 Å². The van der Waals surface area contributed by atoms with Gasteiger partial charge in [0.15, 0.2) is 23.1 Å². The number of benzene rings is 10. The Hall–Kier alpha value is -9.59. The lowest BCUT2D eigenvalue weighted by molar-refractivity contribution is 0.667. The zero-order valence-electron chi connectivity index (χ0n) is 37.5. The van der Waals surface area contributed by atoms with Gasteiger partial charge < -0.3 is 18.1 Å². The summed E-state index contributed by atoms with van der Waals surface area (Å²) < 4.78 is 14.3. The van der Waals surface area contributed by atoms with E-state index in [2.05, 4.69) is 177 Å². The van der Waals surface area contributed by atoms with E-state index in [4.69, 9.17) is 19.4 Å². The van der Waals surface area contributed by atoms with E-state index in [1.165, 1.54) is 32.6 Å². The van der Waals surface area contributed by atoms with Gasteiger partial charge in [0.1, 0.15) is 5.58 Å². The van der Waals surface area contributed by atoms with Gasteiger partial charge in [-0.15, -0.1) is 0 Å². The summed E-state index contributed by atoms with van der Waals surface area (Å²) in [6.45, 7) is 0. The molecule has 7 nitrogen and oxygen atoms in total. The minimum Gasteiger partial charge on any atom is -0.453 e. The molecule has 5 aromatic heterocycles. The summed E-state index contributed by atoms with van der Waals surface area (Å²) in [7, 11) is 0. The Balaban J connectivity index is 0.906. The predicted octanol–water partition coefficient (Wildman–Crippen LogP) is 16.1. The summed E-state index contributed by atoms with van der Waals surface area (Å²) in [6.07, 6.45) is 0. The van der Waals surface area contributed by atoms with E-state index in [-0.39, 0.29) is 0 Å². The van der Waals surface area contributed by atoms with Crippen LogP contribution in [0, 0.1) is 0 Å². The monoisotopic (exact) mass is 894 g/mol. The van der Waals surface area contributed by atoms with E-state index in [0.717, 1.165) is 88.5 Å². The second kappa shape index (κ2) is 15.0. The molecule has 0 unspecified atom stereocenters. The van der Waals surface area contributed by atoms with Gasteiger partial charge in [0.25, 0.3) is 0 Å². The van der Waals surface area contributed by atoms with Crippen molar-refractivity contribution >= 4 is 87.4 Å². The van der Waals surface area contributed by atoms with Crippen LogP contribution >= 0.6 is 0 Å². The van der Waals surface area contributed by atoms with Crippen LogP contribution in [-0.4, -0.2) is 28.7 Å². The molecule has 0 atom stereocenters. The van der Waals surface area contributed by atoms with Gasteiger partial charge in [-0.25, -0.2) is 15.0 Å². The highest BCUT2D eigenvalue weighted by atomic mass is 16.3. The first-order valence-electron chi connectivity index (χ1n) is 23.6. The van der Waals surface area contributed by atoms with E-state index in [1.807, 2.05) is 66.7 Å². The first-order chi connectivity index (χ1) is 34.7. The minimum absolute atomic E-state index is 0.552. The first kappa shape index (κ1) is 38.5. The van der Waals surface area contributed by atoms with Crippen LogP contribution in [0.3, 0.4) is 0 Å². The summed E-state index contributed by atoms with van der Waals surface area (Å²) in [5.74, 6) is 1.76. The fourth-order valence-electron chi connectivity index (χ4n) is 11.0. The molecule has 0 fully saturated rings. The molecule has 70 heavy (non-hydrogen) atoms. The van der Waals surface area contributed by atoms with Crippen molar-refractivity contribution in [2.24, 2.45) is 0 Å². The molecule has 0 amide bonds. The van der Waals surface area contributed by atoms with Gasteiger partial charge in [0.05, 0.1) is 44.4 Å². The molecule has 0 saturated heterocycles. The maximum atomic E-state index is 7.12. The molecular weight excluding hydrogens is 857 g/mol. The van der Waals surface area contributed by atoms with E-state index < -0.39 is 0 Å². The van der Waals surface area contributed by atoms with Crippen LogP contribution in [0.1, 0.15) is 0 Å². The fraction of sp³-hybridized carbons (Fsp3) is 0. The molecule has 0 N–H and O–H groups in total. The lowest BCUT2D eigenvalue weighted by atomic mass is 10.1. The number of rotatable bonds is 6. The predicted molar refractivity (Wildman–Crippen MR) is 286 cm³/mol. The number of hydrogen-bond acceptors (Lipinski definition) is 4. The van der Waals surface area contributed by atoms with E-state index in [0.29, 0.717) is 17.5 Å². The molecule has 0 aliphatic carbocycles. The van der Waals surface area contributed by atoms with Crippen molar-refractivity contribution in [2.45, 2.75) is 0 Å². The Bertz CT molecular complexity index is 4490. The highest BCUT2D eigenvalue weighted by molar-refractivity contribution is 6.16. The van der Waals surface area contributed by atoms with Crippen molar-refractivity contribution in [2.75, 3.05) is 0 Å². The smallest absolute Gasteiger partial charge is 0.167 e. The lowest BCUT2D eigenvalue weighted by Gasteiger charge is -2.11. The Kier molecular flexibility index (Phi) is 8.23. The summed E-state index contributed by atoms with van der Waals surface area (Å²) in [4.78, 5) is 15.1. The number of furan rings is 1. The standard InChI is InChI=1S/C63H38N6O/c1-3-17-39(18-4-1)61-64-62(40-19-5-2-6-20-40)66-63(65-61)49-27-15-25-47-48-26-16-32-58(60(48)70-59(47)49)69-55-31-14-10-24-46(55)51-38-42(34-36-57(51)69)68-54-30-13-9-23-45(54)50-37-41(33-35-56(50)68)67-52-28-11-7-21-43(52)44-22-8-12-29-53(44)67/h1-38H. The quantitative estimate of drug-likeness (QED) is 0.167. The third kappa shape index (κ3) is 5.66. The molecule has 0 spiro atoms. The molecule has 0 aliphatic rings. The molecule has 7 heteroatoms. The summed E-state index contributed by atoms with van der Waals surface area (Å²) in [5, 5.41) is 9.25. The average molecular weight is 895 g/mol. The minimum atomic E-state index is 0.552. The van der Waals surface area contributed by atoms with Crippen molar-refractivity contribution in [3.63, 3.8) is 0 Å². The first-order valence-corrected chi connectivity index (χ1v) is 23.6. The van der Waals surface area contributed by atoms with Crippen molar-refractivity contribution < 1.29 is 4.42 Å². The fourth-order valence-corrected chi connectivity index (χ4v) is 11.0. The zero-order valence-corrected chi connectivity index (χ0v) is 37.5. The molecule has 5 heterocycles. The topological polar surface area (TPSA) is 66.6 Å². The number of aromatic nitrogens is 6. The third-order valence-corrected chi connectivity index (χ3v) is 14.1. The second-order valence-corrected chi connectivity index (χ2v) is 18.0. The molecule has 0 bridgehead atoms. The summed E-state index contributed by atoms with van der Waals surface area (Å²) in [6, 6.07) is 81.5. The van der Waals surface area contributed by atoms with Crippen molar-refractivity contribution in [1.82, 2.24) is 28.7 Å². The molecule has 0 aliphatic heterocycles. The molecule has 326 valence electrons. The van der Waals surface area contributed by atoms with Crippen molar-refractivity contribution in [3.8, 4) is 51.2 Å². The van der Waals surface area contributed by atoms with E-state index in [1.54, 1.807) is 0 Å². The van der Waals surface area contributed by atoms with Gasteiger partial charge >= 0.3 is 0 Å². The number of nitrogens with zero attached hydrogens (tertiary/aromatic N) is 6. The maximum absolute atomic E-state index is 7.12. The van der Waals surface area contributed by atoms with Crippen molar-refractivity contribution in [1.29, 1.82) is 0 Å². The molecule has 10 aromatic carbocycles. The molecular formula is C63H38N6O. The van der Waals surface area contributed by atoms with E-state index >= 15 is 0 Å². The SMILES string of the molecule is c1ccc(-c2nc(-c3ccccc3)nc(-c3cccc4c3oc3c(-n5c6ccccc6c6cc(-n7c8ccccc8c8cc(-n9c%10ccccc%10c%10ccccc%109)ccc87)ccc65)cccc34)n2)cc1. The summed E-state index contributed by atoms with van der Waals surface area (Å²) in [5.41, 5.74) is 14.2. The van der Waals surface area contributed by atoms with Crippen molar-refractivity contribution in [3.05, 3.63) is 231 Å². The largest absolute Gasteiger partial charge is 0.453 e. The highest BCUT2D eigenvalue weighted by Gasteiger charge is 2.23. The van der Waals surface area contributed by atoms with Gasteiger partial charge in [-0.2, -0.15) is 0 Å². The number of para-hydroxylation sites is 6. The van der Waals surface area contributed by atoms with Gasteiger partial charge in [-0.3, -0.25) is 0 Å². The Morgan fingerprint density at radius 3 is 1.19 bits per heavy atom. The maximum Gasteiger partial charge on any atom is 0.167 e. The molecule has 0 saturated carbocycles. The van der Waals surface area contributed by atoms with Gasteiger partial charge in [0.2, 0.25) is 0 Å². The number of hydrogen-bond donors (Lipinski definition) is 0. The molecule has 15 rings (SSSR count). The lowest BCUT2D eigenvalue weighted by Crippen LogP contribution is -2.00. The van der Waals surface area contributed by atoms with Gasteiger partial charge in [-0.1, -0.05) is 158 Å². The van der Waals surface area contributed by atoms with Crippen LogP contribution in [0.15, 0.2) is 235 Å². The molecule has 15 aromatic rings. The van der Waals surface area contributed by atoms with Gasteiger partial charge in [-0.05, 0) is 72.8 Å². The zero-order chi connectivity index (χ0) is 45.9. The third-order valence-electron chi connectivity index (χ3n) is 14.1. The van der Waals surface area contributed by atoms with E-state index in [9.17, 15) is 0 Å². The average Bonchev–Trinajstić information content (AvgIpc) is 4.17. The molecule has 0 radical (unpaired) electrons. The highest BCUT2D eigenvalue weighted by Crippen LogP contribution is 2.43. The van der Waals surface area contributed by atoms with Gasteiger partial charge in [0, 0.05) is 65.6 Å². The summed E-state index contributed by atoms with van der Waals surface area (Å²) >= 11 is 0. The van der Waals surface area contributed by atoms with Crippen LogP contribution in [0.5, 0.6) is 0 Å². The second-order valence-electron chi connectivity index (χ2n) is 18.0. The van der Waals surface area contributed by atoms with Crippen LogP contribution in [-0.2, 0) is 0 Å². The normalized spacial score (nSPS) is 12.0. The Morgan fingerprint density at radius 2 is 0.657 bits per heavy atom.